The fourth-order valence-corrected chi connectivity index (χ4v) is 3.84. The Bertz CT molecular complexity index is 1040. The maximum Gasteiger partial charge on any atom is 0.454 e. The number of allylic oxidation sites excluding steroid dienone is 3. The van der Waals surface area contributed by atoms with Gasteiger partial charge in [-0.3, -0.25) is 4.99 Å². The number of amidine groups is 2. The van der Waals surface area contributed by atoms with E-state index in [0.29, 0.717) is 36.3 Å². The molecule has 2 aliphatic rings. The summed E-state index contributed by atoms with van der Waals surface area (Å²) in [5, 5.41) is 0. The van der Waals surface area contributed by atoms with Crippen LogP contribution >= 0.6 is 0 Å². The van der Waals surface area contributed by atoms with E-state index in [2.05, 4.69) is 89.1 Å². The van der Waals surface area contributed by atoms with E-state index in [-0.39, 0.29) is 18.3 Å². The van der Waals surface area contributed by atoms with Crippen LogP contribution in [0, 0.1) is 5.92 Å². The van der Waals surface area contributed by atoms with Gasteiger partial charge in [-0.2, -0.15) is 0 Å². The fourth-order valence-electron chi connectivity index (χ4n) is 3.84. The lowest BCUT2D eigenvalue weighted by Crippen LogP contribution is -2.41. The standard InChI is InChI=1S/C23H28N4.C7H15BO2.C3H8.C2H6/c1-19(12-11-17-24)22(26-18-20-13-7-4-3-5-8-14-20)27-23(25-2)21-15-9-6-10-16-21;1-6(2)7(3,4)10-8(5)9-6;1-3-2;1-2/h3-4,6,8-12,14-16,20H,1-2,5,7,13,17-18,24H2;1-5H3;3H2,1-2H3;1-2H3/b4-3?,12-11-,14-8-,26-22?,27-23?;;;. The third-order valence-corrected chi connectivity index (χ3v) is 6.53. The highest BCUT2D eigenvalue weighted by molar-refractivity contribution is 6.43. The summed E-state index contributed by atoms with van der Waals surface area (Å²) in [4.78, 5) is 13.5. The third-order valence-electron chi connectivity index (χ3n) is 6.53. The molecule has 2 N–H and O–H groups in total. The second-order valence-electron chi connectivity index (χ2n) is 10.8. The van der Waals surface area contributed by atoms with Gasteiger partial charge < -0.3 is 15.0 Å². The number of nitrogens with zero attached hydrogens (tertiary/aromatic N) is 3. The van der Waals surface area contributed by atoms with Crippen molar-refractivity contribution in [2.24, 2.45) is 26.6 Å². The molecule has 1 heterocycles. The number of benzene rings is 1. The Morgan fingerprint density at radius 2 is 1.64 bits per heavy atom. The SMILES string of the molecule is C=NC(=NC(=NCC1/C=C\CC=CCC1)C(=C)/C=C\CN)c1ccccc1.CB1OC(C)(C)C(C)(C)O1.CC.CCC. The molecule has 0 aromatic heterocycles. The van der Waals surface area contributed by atoms with Gasteiger partial charge in [0, 0.05) is 24.2 Å². The first-order valence-corrected chi connectivity index (χ1v) is 15.4. The van der Waals surface area contributed by atoms with Crippen LogP contribution < -0.4 is 5.73 Å². The summed E-state index contributed by atoms with van der Waals surface area (Å²) in [5.41, 5.74) is 6.86. The molecule has 1 aromatic carbocycles. The average Bonchev–Trinajstić information content (AvgIpc) is 3.14. The minimum absolute atomic E-state index is 0.0648. The van der Waals surface area contributed by atoms with Gasteiger partial charge in [-0.25, -0.2) is 9.98 Å². The average molecular weight is 577 g/mol. The second kappa shape index (κ2) is 21.8. The van der Waals surface area contributed by atoms with Gasteiger partial charge in [0.1, 0.15) is 0 Å². The summed E-state index contributed by atoms with van der Waals surface area (Å²) >= 11 is 0. The van der Waals surface area contributed by atoms with E-state index in [4.69, 9.17) is 20.0 Å². The Morgan fingerprint density at radius 1 is 1.05 bits per heavy atom. The van der Waals surface area contributed by atoms with E-state index in [1.165, 1.54) is 6.42 Å². The van der Waals surface area contributed by atoms with Gasteiger partial charge in [-0.15, -0.1) is 0 Å². The molecule has 3 rings (SSSR count). The van der Waals surface area contributed by atoms with Crippen molar-refractivity contribution in [1.82, 2.24) is 0 Å². The van der Waals surface area contributed by atoms with Crippen LogP contribution in [0.3, 0.4) is 0 Å². The maximum atomic E-state index is 5.57. The monoisotopic (exact) mass is 576 g/mol. The minimum Gasteiger partial charge on any atom is -0.403 e. The van der Waals surface area contributed by atoms with Crippen LogP contribution in [0.25, 0.3) is 0 Å². The highest BCUT2D eigenvalue weighted by Gasteiger charge is 2.48. The molecule has 0 spiro atoms. The van der Waals surface area contributed by atoms with Gasteiger partial charge in [-0.1, -0.05) is 107 Å². The Hall–Kier alpha value is -2.87. The number of aliphatic imine (C=N–C) groups is 3. The van der Waals surface area contributed by atoms with Crippen LogP contribution in [0.2, 0.25) is 6.82 Å². The molecule has 6 nitrogen and oxygen atoms in total. The van der Waals surface area contributed by atoms with Crippen molar-refractivity contribution in [3.63, 3.8) is 0 Å². The van der Waals surface area contributed by atoms with Crippen molar-refractivity contribution in [2.45, 2.75) is 99.1 Å². The van der Waals surface area contributed by atoms with E-state index in [1.807, 2.05) is 63.2 Å². The lowest BCUT2D eigenvalue weighted by molar-refractivity contribution is 0.00578. The van der Waals surface area contributed by atoms with Crippen molar-refractivity contribution in [2.75, 3.05) is 13.1 Å². The summed E-state index contributed by atoms with van der Waals surface area (Å²) < 4.78 is 11.1. The first-order chi connectivity index (χ1) is 20.0. The molecule has 1 saturated heterocycles. The molecule has 0 amide bonds. The van der Waals surface area contributed by atoms with Gasteiger partial charge in [0.25, 0.3) is 0 Å². The van der Waals surface area contributed by atoms with Crippen LogP contribution in [0.4, 0.5) is 0 Å². The highest BCUT2D eigenvalue weighted by atomic mass is 16.7. The zero-order valence-corrected chi connectivity index (χ0v) is 27.9. The quantitative estimate of drug-likeness (QED) is 0.121. The molecule has 0 radical (unpaired) electrons. The van der Waals surface area contributed by atoms with Crippen molar-refractivity contribution in [3.8, 4) is 0 Å². The van der Waals surface area contributed by atoms with Gasteiger partial charge in [0.2, 0.25) is 0 Å². The molecule has 232 valence electrons. The Kier molecular flexibility index (Phi) is 20.3. The maximum absolute atomic E-state index is 5.57. The lowest BCUT2D eigenvalue weighted by Gasteiger charge is -2.32. The molecule has 1 aliphatic carbocycles. The molecule has 1 atom stereocenters. The molecule has 1 unspecified atom stereocenters. The Labute approximate surface area is 257 Å². The lowest BCUT2D eigenvalue weighted by atomic mass is 9.90. The first-order valence-electron chi connectivity index (χ1n) is 15.4. The number of hydrogen-bond acceptors (Lipinski definition) is 4. The van der Waals surface area contributed by atoms with Gasteiger partial charge in [-0.05, 0) is 66.4 Å². The predicted octanol–water partition coefficient (Wildman–Crippen LogP) is 8.67. The van der Waals surface area contributed by atoms with Crippen LogP contribution in [0.1, 0.15) is 86.6 Å². The summed E-state index contributed by atoms with van der Waals surface area (Å²) in [5.74, 6) is 1.49. The Balaban J connectivity index is 0.000000925. The summed E-state index contributed by atoms with van der Waals surface area (Å²) in [6, 6.07) is 9.75. The number of hydrogen-bond donors (Lipinski definition) is 1. The van der Waals surface area contributed by atoms with Crippen molar-refractivity contribution >= 4 is 25.5 Å². The molecule has 7 heteroatoms. The molecule has 0 bridgehead atoms. The largest absolute Gasteiger partial charge is 0.454 e. The molecular formula is C35H57BN4O2. The zero-order valence-electron chi connectivity index (χ0n) is 27.9. The summed E-state index contributed by atoms with van der Waals surface area (Å²) in [6.07, 6.45) is 17.0. The van der Waals surface area contributed by atoms with Crippen molar-refractivity contribution in [3.05, 3.63) is 84.5 Å². The van der Waals surface area contributed by atoms with E-state index in [0.717, 1.165) is 24.8 Å². The molecule has 1 aliphatic heterocycles. The summed E-state index contributed by atoms with van der Waals surface area (Å²) in [6.45, 7) is 27.3. The molecule has 0 saturated carbocycles. The van der Waals surface area contributed by atoms with Crippen LogP contribution in [0.5, 0.6) is 0 Å². The van der Waals surface area contributed by atoms with E-state index in [9.17, 15) is 0 Å². The Morgan fingerprint density at radius 3 is 2.14 bits per heavy atom. The van der Waals surface area contributed by atoms with Crippen molar-refractivity contribution < 1.29 is 9.31 Å². The topological polar surface area (TPSA) is 81.6 Å². The highest BCUT2D eigenvalue weighted by Crippen LogP contribution is 2.36. The van der Waals surface area contributed by atoms with E-state index < -0.39 is 0 Å². The number of rotatable bonds is 6. The summed E-state index contributed by atoms with van der Waals surface area (Å²) in [7, 11) is -0.0648. The number of nitrogens with two attached hydrogens (primary N) is 1. The molecular weight excluding hydrogens is 519 g/mol. The smallest absolute Gasteiger partial charge is 0.403 e. The predicted molar refractivity (Wildman–Crippen MR) is 187 cm³/mol. The van der Waals surface area contributed by atoms with Gasteiger partial charge >= 0.3 is 7.12 Å². The molecule has 42 heavy (non-hydrogen) atoms. The normalized spacial score (nSPS) is 20.0. The zero-order chi connectivity index (χ0) is 32.0. The molecule has 1 aromatic rings. The van der Waals surface area contributed by atoms with E-state index in [1.54, 1.807) is 0 Å². The van der Waals surface area contributed by atoms with E-state index >= 15 is 0 Å². The first kappa shape index (κ1) is 39.1. The molecule has 1 fully saturated rings. The van der Waals surface area contributed by atoms with Crippen LogP contribution in [-0.4, -0.2) is 49.8 Å². The van der Waals surface area contributed by atoms with Crippen molar-refractivity contribution in [1.29, 1.82) is 0 Å². The second-order valence-corrected chi connectivity index (χ2v) is 10.8. The van der Waals surface area contributed by atoms with Crippen LogP contribution in [0.15, 0.2) is 93.9 Å². The third kappa shape index (κ3) is 14.9. The van der Waals surface area contributed by atoms with Crippen LogP contribution in [-0.2, 0) is 9.31 Å². The fraction of sp³-hybridized carbons (Fsp3) is 0.514. The van der Waals surface area contributed by atoms with Gasteiger partial charge in [0.15, 0.2) is 11.7 Å². The van der Waals surface area contributed by atoms with Gasteiger partial charge in [0.05, 0.1) is 11.2 Å². The minimum atomic E-state index is -0.160.